The van der Waals surface area contributed by atoms with Crippen LogP contribution in [0.2, 0.25) is 0 Å². The number of rotatable bonds is 7. The Labute approximate surface area is 172 Å². The number of ether oxygens (including phenoxy) is 2. The number of benzene rings is 2. The Balaban J connectivity index is 1.61. The topological polar surface area (TPSA) is 84.9 Å². The predicted molar refractivity (Wildman–Crippen MR) is 111 cm³/mol. The van der Waals surface area contributed by atoms with Gasteiger partial charge in [0.1, 0.15) is 6.54 Å². The molecule has 8 heteroatoms. The summed E-state index contributed by atoms with van der Waals surface area (Å²) in [4.78, 5) is 26.9. The molecule has 154 valence electrons. The standard InChI is InChI=1S/C21H24N2O5S/c1-27-17-8-7-15(13-18(17)28-2)9-11-22-20(24)14-23-16-5-3-4-6-19(16)29(26)12-10-21(23)25/h3-8,13H,9-12,14H2,1-2H3,(H,22,24)/t29-/m1/s1. The van der Waals surface area contributed by atoms with E-state index in [2.05, 4.69) is 5.32 Å². The van der Waals surface area contributed by atoms with Gasteiger partial charge >= 0.3 is 0 Å². The van der Waals surface area contributed by atoms with Gasteiger partial charge in [0, 0.05) is 18.7 Å². The van der Waals surface area contributed by atoms with Crippen molar-refractivity contribution in [2.45, 2.75) is 17.7 Å². The van der Waals surface area contributed by atoms with Crippen molar-refractivity contribution < 1.29 is 23.3 Å². The maximum Gasteiger partial charge on any atom is 0.240 e. The summed E-state index contributed by atoms with van der Waals surface area (Å²) in [6.07, 6.45) is 0.765. The Morgan fingerprint density at radius 1 is 1.14 bits per heavy atom. The lowest BCUT2D eigenvalue weighted by molar-refractivity contribution is -0.123. The molecule has 1 atom stereocenters. The third kappa shape index (κ3) is 4.95. The van der Waals surface area contributed by atoms with Gasteiger partial charge in [-0.2, -0.15) is 0 Å². The van der Waals surface area contributed by atoms with Crippen LogP contribution in [0.25, 0.3) is 0 Å². The lowest BCUT2D eigenvalue weighted by atomic mass is 10.1. The largest absolute Gasteiger partial charge is 0.493 e. The van der Waals surface area contributed by atoms with Crippen molar-refractivity contribution in [3.8, 4) is 11.5 Å². The molecule has 2 aromatic rings. The van der Waals surface area contributed by atoms with E-state index >= 15 is 0 Å². The summed E-state index contributed by atoms with van der Waals surface area (Å²) in [5.74, 6) is 1.10. The number of hydrogen-bond donors (Lipinski definition) is 1. The Hall–Kier alpha value is -2.87. The number of nitrogens with one attached hydrogen (secondary N) is 1. The van der Waals surface area contributed by atoms with Gasteiger partial charge in [0.25, 0.3) is 0 Å². The van der Waals surface area contributed by atoms with Gasteiger partial charge < -0.3 is 19.7 Å². The molecule has 2 aromatic carbocycles. The monoisotopic (exact) mass is 416 g/mol. The normalized spacial score (nSPS) is 16.0. The lowest BCUT2D eigenvalue weighted by Gasteiger charge is -2.22. The van der Waals surface area contributed by atoms with E-state index in [4.69, 9.17) is 9.47 Å². The molecule has 2 amide bonds. The van der Waals surface area contributed by atoms with E-state index in [-0.39, 0.29) is 30.5 Å². The van der Waals surface area contributed by atoms with Gasteiger partial charge in [-0.25, -0.2) is 0 Å². The van der Waals surface area contributed by atoms with Crippen molar-refractivity contribution in [2.75, 3.05) is 38.0 Å². The van der Waals surface area contributed by atoms with Gasteiger partial charge in [-0.3, -0.25) is 13.8 Å². The van der Waals surface area contributed by atoms with Gasteiger partial charge in [0.05, 0.1) is 35.6 Å². The molecule has 0 aromatic heterocycles. The summed E-state index contributed by atoms with van der Waals surface area (Å²) >= 11 is 0. The second kappa shape index (κ2) is 9.56. The third-order valence-electron chi connectivity index (χ3n) is 4.69. The summed E-state index contributed by atoms with van der Waals surface area (Å²) in [6.45, 7) is 0.322. The molecule has 0 saturated carbocycles. The molecule has 0 aliphatic carbocycles. The lowest BCUT2D eigenvalue weighted by Crippen LogP contribution is -2.41. The molecule has 1 aliphatic rings. The van der Waals surface area contributed by atoms with Crippen LogP contribution in [-0.4, -0.2) is 49.1 Å². The number of para-hydroxylation sites is 1. The highest BCUT2D eigenvalue weighted by molar-refractivity contribution is 7.85. The second-order valence-electron chi connectivity index (χ2n) is 6.54. The minimum atomic E-state index is -1.24. The molecule has 29 heavy (non-hydrogen) atoms. The number of anilines is 1. The second-order valence-corrected chi connectivity index (χ2v) is 8.08. The molecule has 0 unspecified atom stereocenters. The van der Waals surface area contributed by atoms with E-state index in [0.29, 0.717) is 35.0 Å². The van der Waals surface area contributed by atoms with E-state index in [1.807, 2.05) is 18.2 Å². The molecule has 0 radical (unpaired) electrons. The number of amides is 2. The molecule has 3 rings (SSSR count). The van der Waals surface area contributed by atoms with Crippen molar-refractivity contribution in [3.63, 3.8) is 0 Å². The van der Waals surface area contributed by atoms with E-state index in [9.17, 15) is 13.8 Å². The van der Waals surface area contributed by atoms with Crippen molar-refractivity contribution >= 4 is 28.3 Å². The molecule has 0 spiro atoms. The Bertz CT molecular complexity index is 931. The van der Waals surface area contributed by atoms with Gasteiger partial charge in [0.15, 0.2) is 11.5 Å². The Kier molecular flexibility index (Phi) is 6.87. The maximum absolute atomic E-state index is 12.5. The summed E-state index contributed by atoms with van der Waals surface area (Å²) in [6, 6.07) is 12.6. The van der Waals surface area contributed by atoms with Crippen LogP contribution in [-0.2, 0) is 26.8 Å². The third-order valence-corrected chi connectivity index (χ3v) is 6.10. The fourth-order valence-corrected chi connectivity index (χ4v) is 4.41. The Morgan fingerprint density at radius 2 is 1.90 bits per heavy atom. The van der Waals surface area contributed by atoms with Crippen molar-refractivity contribution in [3.05, 3.63) is 48.0 Å². The molecule has 0 bridgehead atoms. The van der Waals surface area contributed by atoms with E-state index in [0.717, 1.165) is 5.56 Å². The highest BCUT2D eigenvalue weighted by Crippen LogP contribution is 2.28. The molecule has 7 nitrogen and oxygen atoms in total. The van der Waals surface area contributed by atoms with E-state index < -0.39 is 10.8 Å². The summed E-state index contributed by atoms with van der Waals surface area (Å²) in [7, 11) is 1.91. The highest BCUT2D eigenvalue weighted by atomic mass is 32.2. The van der Waals surface area contributed by atoms with Crippen LogP contribution < -0.4 is 19.7 Å². The first-order chi connectivity index (χ1) is 14.0. The zero-order valence-electron chi connectivity index (χ0n) is 16.5. The van der Waals surface area contributed by atoms with Crippen molar-refractivity contribution in [1.29, 1.82) is 0 Å². The summed E-state index contributed by atoms with van der Waals surface area (Å²) in [5.41, 5.74) is 1.54. The smallest absolute Gasteiger partial charge is 0.240 e. The number of hydrogen-bond acceptors (Lipinski definition) is 5. The molecule has 0 fully saturated rings. The number of nitrogens with zero attached hydrogens (tertiary/aromatic N) is 1. The first-order valence-electron chi connectivity index (χ1n) is 9.29. The molecular weight excluding hydrogens is 392 g/mol. The molecule has 0 saturated heterocycles. The van der Waals surface area contributed by atoms with Crippen LogP contribution in [0.3, 0.4) is 0 Å². The zero-order chi connectivity index (χ0) is 20.8. The van der Waals surface area contributed by atoms with Gasteiger partial charge in [-0.15, -0.1) is 0 Å². The maximum atomic E-state index is 12.5. The number of fused-ring (bicyclic) bond motifs is 1. The molecule has 1 heterocycles. The van der Waals surface area contributed by atoms with E-state index in [1.165, 1.54) is 4.90 Å². The van der Waals surface area contributed by atoms with Gasteiger partial charge in [-0.1, -0.05) is 18.2 Å². The predicted octanol–water partition coefficient (Wildman–Crippen LogP) is 1.91. The van der Waals surface area contributed by atoms with Crippen LogP contribution in [0.5, 0.6) is 11.5 Å². The fraction of sp³-hybridized carbons (Fsp3) is 0.333. The van der Waals surface area contributed by atoms with Crippen LogP contribution in [0.4, 0.5) is 5.69 Å². The average Bonchev–Trinajstić information content (AvgIpc) is 2.86. The van der Waals surface area contributed by atoms with Crippen LogP contribution in [0.1, 0.15) is 12.0 Å². The summed E-state index contributed by atoms with van der Waals surface area (Å²) < 4.78 is 22.8. The Morgan fingerprint density at radius 3 is 2.66 bits per heavy atom. The highest BCUT2D eigenvalue weighted by Gasteiger charge is 2.27. The first kappa shape index (κ1) is 20.9. The van der Waals surface area contributed by atoms with Crippen LogP contribution >= 0.6 is 0 Å². The molecule has 1 aliphatic heterocycles. The van der Waals surface area contributed by atoms with Crippen molar-refractivity contribution in [1.82, 2.24) is 5.32 Å². The zero-order valence-corrected chi connectivity index (χ0v) is 17.3. The van der Waals surface area contributed by atoms with Crippen LogP contribution in [0.15, 0.2) is 47.4 Å². The number of carbonyl (C=O) groups excluding carboxylic acids is 2. The SMILES string of the molecule is COc1ccc(CCNC(=O)CN2C(=O)CC[S@@](=O)c3ccccc32)cc1OC. The van der Waals surface area contributed by atoms with Crippen LogP contribution in [0, 0.1) is 0 Å². The fourth-order valence-electron chi connectivity index (χ4n) is 3.19. The minimum absolute atomic E-state index is 0.0982. The molecule has 1 N–H and O–H groups in total. The van der Waals surface area contributed by atoms with E-state index in [1.54, 1.807) is 38.5 Å². The first-order valence-corrected chi connectivity index (χ1v) is 10.6. The number of methoxy groups -OCH3 is 2. The molecular formula is C21H24N2O5S. The number of carbonyl (C=O) groups is 2. The summed E-state index contributed by atoms with van der Waals surface area (Å²) in [5, 5.41) is 2.85. The minimum Gasteiger partial charge on any atom is -0.493 e. The quantitative estimate of drug-likeness (QED) is 0.745. The van der Waals surface area contributed by atoms with Gasteiger partial charge in [-0.05, 0) is 36.2 Å². The average molecular weight is 416 g/mol. The van der Waals surface area contributed by atoms with Crippen molar-refractivity contribution in [2.24, 2.45) is 0 Å². The van der Waals surface area contributed by atoms with Gasteiger partial charge in [0.2, 0.25) is 11.8 Å².